The van der Waals surface area contributed by atoms with Gasteiger partial charge in [-0.25, -0.2) is 9.97 Å². The predicted molar refractivity (Wildman–Crippen MR) is 56.0 cm³/mol. The van der Waals surface area contributed by atoms with E-state index in [4.69, 9.17) is 0 Å². The average Bonchev–Trinajstić information content (AvgIpc) is 2.02. The smallest absolute Gasteiger partial charge is 0.115 e. The van der Waals surface area contributed by atoms with Crippen LogP contribution < -0.4 is 0 Å². The van der Waals surface area contributed by atoms with Crippen LogP contribution in [0.15, 0.2) is 12.4 Å². The lowest BCUT2D eigenvalue weighted by Gasteiger charge is -2.23. The van der Waals surface area contributed by atoms with Crippen molar-refractivity contribution >= 4 is 0 Å². The zero-order chi connectivity index (χ0) is 10.7. The Morgan fingerprint density at radius 1 is 1.21 bits per heavy atom. The van der Waals surface area contributed by atoms with Gasteiger partial charge in [0.1, 0.15) is 6.33 Å². The second-order valence-electron chi connectivity index (χ2n) is 4.09. The number of nitrogens with zero attached hydrogens (tertiary/aromatic N) is 2. The van der Waals surface area contributed by atoms with Gasteiger partial charge < -0.3 is 5.11 Å². The molecule has 1 N–H and O–H groups in total. The first-order valence-electron chi connectivity index (χ1n) is 4.99. The van der Waals surface area contributed by atoms with E-state index in [2.05, 4.69) is 23.8 Å². The maximum Gasteiger partial charge on any atom is 0.115 e. The molecule has 0 aliphatic rings. The Kier molecular flexibility index (Phi) is 3.58. The Morgan fingerprint density at radius 2 is 1.86 bits per heavy atom. The number of rotatable bonds is 3. The van der Waals surface area contributed by atoms with Crippen molar-refractivity contribution in [3.8, 4) is 0 Å². The predicted octanol–water partition coefficient (Wildman–Crippen LogP) is 1.91. The van der Waals surface area contributed by atoms with E-state index in [-0.39, 0.29) is 12.0 Å². The molecule has 0 aliphatic carbocycles. The van der Waals surface area contributed by atoms with Crippen LogP contribution in [0.1, 0.15) is 38.1 Å². The van der Waals surface area contributed by atoms with Crippen LogP contribution in [-0.4, -0.2) is 21.2 Å². The van der Waals surface area contributed by atoms with Crippen LogP contribution >= 0.6 is 0 Å². The van der Waals surface area contributed by atoms with E-state index in [0.717, 1.165) is 11.4 Å². The first-order chi connectivity index (χ1) is 6.52. The molecular weight excluding hydrogens is 176 g/mol. The molecule has 0 fully saturated rings. The van der Waals surface area contributed by atoms with E-state index in [0.29, 0.717) is 5.92 Å². The quantitative estimate of drug-likeness (QED) is 0.799. The van der Waals surface area contributed by atoms with Crippen LogP contribution in [0.25, 0.3) is 0 Å². The minimum absolute atomic E-state index is 0.0942. The lowest BCUT2D eigenvalue weighted by atomic mass is 9.87. The topological polar surface area (TPSA) is 46.0 Å². The first kappa shape index (κ1) is 11.1. The van der Waals surface area contributed by atoms with Crippen LogP contribution in [0.4, 0.5) is 0 Å². The highest BCUT2D eigenvalue weighted by atomic mass is 16.3. The third-order valence-electron chi connectivity index (χ3n) is 2.40. The summed E-state index contributed by atoms with van der Waals surface area (Å²) in [6.45, 7) is 7.93. The van der Waals surface area contributed by atoms with Crippen molar-refractivity contribution < 1.29 is 5.11 Å². The normalized spacial score (nSPS) is 15.6. The Labute approximate surface area is 85.2 Å². The highest BCUT2D eigenvalue weighted by Crippen LogP contribution is 2.26. The van der Waals surface area contributed by atoms with E-state index in [1.165, 1.54) is 0 Å². The molecule has 0 spiro atoms. The summed E-state index contributed by atoms with van der Waals surface area (Å²) in [6.07, 6.45) is 1.19. The summed E-state index contributed by atoms with van der Waals surface area (Å²) in [4.78, 5) is 8.26. The van der Waals surface area contributed by atoms with Gasteiger partial charge in [0.05, 0.1) is 6.10 Å². The third kappa shape index (κ3) is 2.51. The highest BCUT2D eigenvalue weighted by Gasteiger charge is 2.22. The largest absolute Gasteiger partial charge is 0.393 e. The average molecular weight is 194 g/mol. The molecule has 3 nitrogen and oxygen atoms in total. The van der Waals surface area contributed by atoms with Crippen LogP contribution in [0.3, 0.4) is 0 Å². The fourth-order valence-electron chi connectivity index (χ4n) is 1.80. The minimum Gasteiger partial charge on any atom is -0.393 e. The maximum atomic E-state index is 9.67. The van der Waals surface area contributed by atoms with E-state index in [1.807, 2.05) is 19.9 Å². The van der Waals surface area contributed by atoms with Crippen molar-refractivity contribution in [2.75, 3.05) is 0 Å². The molecule has 0 amide bonds. The summed E-state index contributed by atoms with van der Waals surface area (Å²) in [6, 6.07) is 1.94. The molecule has 1 rings (SSSR count). The zero-order valence-corrected chi connectivity index (χ0v) is 9.23. The van der Waals surface area contributed by atoms with E-state index in [9.17, 15) is 5.11 Å². The second-order valence-corrected chi connectivity index (χ2v) is 4.09. The van der Waals surface area contributed by atoms with Crippen molar-refractivity contribution in [1.82, 2.24) is 9.97 Å². The van der Waals surface area contributed by atoms with Gasteiger partial charge in [0, 0.05) is 17.3 Å². The lowest BCUT2D eigenvalue weighted by Crippen LogP contribution is -2.21. The molecule has 2 atom stereocenters. The van der Waals surface area contributed by atoms with Gasteiger partial charge in [-0.05, 0) is 25.8 Å². The second kappa shape index (κ2) is 4.51. The van der Waals surface area contributed by atoms with Crippen molar-refractivity contribution in [2.24, 2.45) is 5.92 Å². The number of aromatic nitrogens is 2. The molecule has 0 aromatic carbocycles. The van der Waals surface area contributed by atoms with Crippen molar-refractivity contribution in [3.05, 3.63) is 23.8 Å². The summed E-state index contributed by atoms with van der Waals surface area (Å²) >= 11 is 0. The molecule has 0 saturated heterocycles. The summed E-state index contributed by atoms with van der Waals surface area (Å²) in [5.41, 5.74) is 1.88. The molecule has 1 heterocycles. The number of aryl methyl sites for hydroxylation is 1. The molecule has 0 saturated carbocycles. The fourth-order valence-corrected chi connectivity index (χ4v) is 1.80. The molecule has 0 radical (unpaired) electrons. The number of aliphatic hydroxyl groups is 1. The highest BCUT2D eigenvalue weighted by molar-refractivity contribution is 5.13. The third-order valence-corrected chi connectivity index (χ3v) is 2.40. The minimum atomic E-state index is -0.371. The van der Waals surface area contributed by atoms with Crippen LogP contribution in [0, 0.1) is 12.8 Å². The van der Waals surface area contributed by atoms with Crippen LogP contribution in [-0.2, 0) is 0 Å². The Hall–Kier alpha value is -0.960. The van der Waals surface area contributed by atoms with Gasteiger partial charge in [0.2, 0.25) is 0 Å². The number of hydrogen-bond donors (Lipinski definition) is 1. The molecule has 14 heavy (non-hydrogen) atoms. The van der Waals surface area contributed by atoms with Gasteiger partial charge in [-0.2, -0.15) is 0 Å². The number of hydrogen-bond acceptors (Lipinski definition) is 3. The Bertz CT molecular complexity index is 289. The summed E-state index contributed by atoms with van der Waals surface area (Å²) in [7, 11) is 0. The molecular formula is C11H18N2O. The van der Waals surface area contributed by atoms with Gasteiger partial charge in [-0.15, -0.1) is 0 Å². The maximum absolute atomic E-state index is 9.67. The first-order valence-corrected chi connectivity index (χ1v) is 4.99. The lowest BCUT2D eigenvalue weighted by molar-refractivity contribution is 0.138. The fraction of sp³-hybridized carbons (Fsp3) is 0.636. The van der Waals surface area contributed by atoms with Gasteiger partial charge in [-0.3, -0.25) is 0 Å². The Morgan fingerprint density at radius 3 is 2.29 bits per heavy atom. The molecule has 3 heteroatoms. The van der Waals surface area contributed by atoms with Crippen molar-refractivity contribution in [2.45, 2.75) is 39.7 Å². The number of aliphatic hydroxyl groups excluding tert-OH is 1. The zero-order valence-electron chi connectivity index (χ0n) is 9.23. The standard InChI is InChI=1S/C11H18N2O/c1-7(2)11(9(4)14)10-5-8(3)12-6-13-10/h5-7,9,11,14H,1-4H3. The molecule has 1 aromatic heterocycles. The SMILES string of the molecule is Cc1cc(C(C(C)C)C(C)O)ncn1. The van der Waals surface area contributed by atoms with Gasteiger partial charge in [-0.1, -0.05) is 13.8 Å². The van der Waals surface area contributed by atoms with E-state index < -0.39 is 0 Å². The molecule has 0 aliphatic heterocycles. The Balaban J connectivity index is 2.99. The monoisotopic (exact) mass is 194 g/mol. The van der Waals surface area contributed by atoms with Gasteiger partial charge >= 0.3 is 0 Å². The molecule has 0 bridgehead atoms. The van der Waals surface area contributed by atoms with E-state index in [1.54, 1.807) is 6.33 Å². The van der Waals surface area contributed by atoms with Crippen molar-refractivity contribution in [3.63, 3.8) is 0 Å². The van der Waals surface area contributed by atoms with Crippen LogP contribution in [0.2, 0.25) is 0 Å². The molecule has 1 aromatic rings. The summed E-state index contributed by atoms with van der Waals surface area (Å²) < 4.78 is 0. The van der Waals surface area contributed by atoms with Gasteiger partial charge in [0.25, 0.3) is 0 Å². The van der Waals surface area contributed by atoms with E-state index >= 15 is 0 Å². The summed E-state index contributed by atoms with van der Waals surface area (Å²) in [5, 5.41) is 9.67. The van der Waals surface area contributed by atoms with Gasteiger partial charge in [0.15, 0.2) is 0 Å². The van der Waals surface area contributed by atoms with Crippen molar-refractivity contribution in [1.29, 1.82) is 0 Å². The molecule has 2 unspecified atom stereocenters. The van der Waals surface area contributed by atoms with Crippen LogP contribution in [0.5, 0.6) is 0 Å². The molecule has 78 valence electrons. The summed E-state index contributed by atoms with van der Waals surface area (Å²) in [5.74, 6) is 0.473.